The maximum absolute atomic E-state index is 13.5. The molecule has 12 heteroatoms. The normalized spacial score (nSPS) is 24.4. The Kier molecular flexibility index (Phi) is 7.42. The molecule has 2 saturated carbocycles. The Morgan fingerprint density at radius 2 is 1.94 bits per heavy atom. The lowest BCUT2D eigenvalue weighted by Gasteiger charge is -2.16. The van der Waals surface area contributed by atoms with Crippen LogP contribution in [0.25, 0.3) is 0 Å². The molecular weight excluding hydrogens is 504 g/mol. The molecule has 0 saturated heterocycles. The van der Waals surface area contributed by atoms with Gasteiger partial charge in [-0.2, -0.15) is 5.10 Å². The summed E-state index contributed by atoms with van der Waals surface area (Å²) in [6, 6.07) is 3.88. The van der Waals surface area contributed by atoms with Crippen LogP contribution in [-0.2, 0) is 17.1 Å². The van der Waals surface area contributed by atoms with Gasteiger partial charge in [0, 0.05) is 30.6 Å². The van der Waals surface area contributed by atoms with E-state index in [1.54, 1.807) is 7.05 Å². The molecule has 1 aromatic carbocycles. The first-order chi connectivity index (χ1) is 16.1. The van der Waals surface area contributed by atoms with Crippen molar-refractivity contribution in [3.8, 4) is 0 Å². The summed E-state index contributed by atoms with van der Waals surface area (Å²) in [5.74, 6) is 0.351. The molecular formula is C22H28Cl2FN5O3S. The smallest absolute Gasteiger partial charge is 0.261 e. The summed E-state index contributed by atoms with van der Waals surface area (Å²) in [5.41, 5.74) is 7.50. The van der Waals surface area contributed by atoms with Crippen LogP contribution in [0.15, 0.2) is 18.2 Å². The van der Waals surface area contributed by atoms with E-state index in [2.05, 4.69) is 15.1 Å². The summed E-state index contributed by atoms with van der Waals surface area (Å²) >= 11 is 11.5. The van der Waals surface area contributed by atoms with Crippen LogP contribution in [0.4, 0.5) is 15.9 Å². The number of sulfonamides is 1. The van der Waals surface area contributed by atoms with E-state index in [0.717, 1.165) is 25.7 Å². The summed E-state index contributed by atoms with van der Waals surface area (Å²) in [6.07, 6.45) is 3.57. The Morgan fingerprint density at radius 1 is 1.26 bits per heavy atom. The predicted molar refractivity (Wildman–Crippen MR) is 131 cm³/mol. The highest BCUT2D eigenvalue weighted by Crippen LogP contribution is 2.51. The number of halogens is 3. The van der Waals surface area contributed by atoms with Gasteiger partial charge in [0.2, 0.25) is 10.0 Å². The summed E-state index contributed by atoms with van der Waals surface area (Å²) < 4.78 is 42.2. The van der Waals surface area contributed by atoms with Gasteiger partial charge in [-0.3, -0.25) is 9.48 Å². The molecule has 4 rings (SSSR count). The largest absolute Gasteiger partial charge is 0.383 e. The first-order valence-electron chi connectivity index (χ1n) is 11.2. The van der Waals surface area contributed by atoms with Gasteiger partial charge < -0.3 is 11.1 Å². The van der Waals surface area contributed by atoms with Crippen LogP contribution in [0.5, 0.6) is 0 Å². The Labute approximate surface area is 208 Å². The molecule has 2 unspecified atom stereocenters. The number of rotatable bonds is 8. The molecule has 8 nitrogen and oxygen atoms in total. The van der Waals surface area contributed by atoms with E-state index < -0.39 is 21.7 Å². The number of benzene rings is 1. The van der Waals surface area contributed by atoms with Crippen molar-refractivity contribution in [1.29, 1.82) is 0 Å². The Bertz CT molecular complexity index is 1180. The minimum atomic E-state index is -3.33. The van der Waals surface area contributed by atoms with Crippen molar-refractivity contribution >= 4 is 50.6 Å². The standard InChI is InChI=1S/C22H28Cl2FN5O3S/c1-30-21(26)19(22(31)27-15-3-4-18(25)17(24)11-15)20(28-30)14-7-12-9-16(10-13(12)8-14)29-34(32,33)6-2-5-23/h3-4,11-14,16,29H,2,5-10,26H2,1H3,(H,27,31). The molecule has 186 valence electrons. The molecule has 4 N–H and O–H groups in total. The van der Waals surface area contributed by atoms with E-state index in [1.165, 1.54) is 22.9 Å². The van der Waals surface area contributed by atoms with E-state index in [-0.39, 0.29) is 28.6 Å². The molecule has 34 heavy (non-hydrogen) atoms. The fourth-order valence-corrected chi connectivity index (χ4v) is 7.15. The summed E-state index contributed by atoms with van der Waals surface area (Å²) in [4.78, 5) is 13.1. The number of nitrogens with one attached hydrogen (secondary N) is 2. The average Bonchev–Trinajstić information content (AvgIpc) is 3.40. The second-order valence-electron chi connectivity index (χ2n) is 9.19. The molecule has 0 radical (unpaired) electrons. The SMILES string of the molecule is Cn1nc(C2CC3CC(NS(=O)(=O)CCCCl)CC3C2)c(C(=O)Nc2ccc(F)c(Cl)c2)c1N. The molecule has 1 heterocycles. The van der Waals surface area contributed by atoms with Crippen molar-refractivity contribution < 1.29 is 17.6 Å². The van der Waals surface area contributed by atoms with Gasteiger partial charge >= 0.3 is 0 Å². The average molecular weight is 532 g/mol. The first kappa shape index (κ1) is 25.2. The number of anilines is 2. The number of hydrogen-bond acceptors (Lipinski definition) is 5. The third-order valence-electron chi connectivity index (χ3n) is 6.82. The van der Waals surface area contributed by atoms with Crippen LogP contribution in [-0.4, -0.2) is 41.8 Å². The molecule has 2 fully saturated rings. The fourth-order valence-electron chi connectivity index (χ4n) is 5.34. The van der Waals surface area contributed by atoms with Gasteiger partial charge in [0.05, 0.1) is 16.5 Å². The number of hydrogen-bond donors (Lipinski definition) is 3. The van der Waals surface area contributed by atoms with Gasteiger partial charge in [-0.15, -0.1) is 11.6 Å². The Hall–Kier alpha value is -1.88. The van der Waals surface area contributed by atoms with Gasteiger partial charge in [0.1, 0.15) is 17.2 Å². The lowest BCUT2D eigenvalue weighted by atomic mass is 9.95. The Balaban J connectivity index is 1.45. The molecule has 0 bridgehead atoms. The van der Waals surface area contributed by atoms with Gasteiger partial charge in [-0.1, -0.05) is 11.6 Å². The van der Waals surface area contributed by atoms with Crippen molar-refractivity contribution in [2.45, 2.75) is 44.1 Å². The number of aryl methyl sites for hydroxylation is 1. The van der Waals surface area contributed by atoms with E-state index >= 15 is 0 Å². The van der Waals surface area contributed by atoms with E-state index in [9.17, 15) is 17.6 Å². The van der Waals surface area contributed by atoms with Crippen LogP contribution in [0.3, 0.4) is 0 Å². The number of nitrogens with zero attached hydrogens (tertiary/aromatic N) is 2. The fraction of sp³-hybridized carbons (Fsp3) is 0.545. The molecule has 0 aliphatic heterocycles. The van der Waals surface area contributed by atoms with Gasteiger partial charge in [-0.05, 0) is 62.1 Å². The van der Waals surface area contributed by atoms with E-state index in [0.29, 0.717) is 41.1 Å². The number of carbonyl (C=O) groups is 1. The third-order valence-corrected chi connectivity index (χ3v) is 8.89. The van der Waals surface area contributed by atoms with Gasteiger partial charge in [-0.25, -0.2) is 17.5 Å². The van der Waals surface area contributed by atoms with E-state index in [4.69, 9.17) is 28.9 Å². The number of aromatic nitrogens is 2. The van der Waals surface area contributed by atoms with Crippen LogP contribution in [0.1, 0.15) is 54.1 Å². The van der Waals surface area contributed by atoms with Gasteiger partial charge in [0.25, 0.3) is 5.91 Å². The summed E-state index contributed by atoms with van der Waals surface area (Å²) in [7, 11) is -1.65. The zero-order chi connectivity index (χ0) is 24.6. The maximum Gasteiger partial charge on any atom is 0.261 e. The second kappa shape index (κ2) is 10.0. The Morgan fingerprint density at radius 3 is 2.56 bits per heavy atom. The number of nitrogens with two attached hydrogens (primary N) is 1. The topological polar surface area (TPSA) is 119 Å². The molecule has 1 amide bonds. The number of alkyl halides is 1. The number of fused-ring (bicyclic) bond motifs is 1. The van der Waals surface area contributed by atoms with Crippen LogP contribution < -0.4 is 15.8 Å². The lowest BCUT2D eigenvalue weighted by Crippen LogP contribution is -2.35. The quantitative estimate of drug-likeness (QED) is 0.446. The maximum atomic E-state index is 13.5. The lowest BCUT2D eigenvalue weighted by molar-refractivity contribution is 0.102. The highest BCUT2D eigenvalue weighted by atomic mass is 35.5. The molecule has 2 aromatic rings. The van der Waals surface area contributed by atoms with Crippen molar-refractivity contribution in [3.63, 3.8) is 0 Å². The molecule has 1 aromatic heterocycles. The van der Waals surface area contributed by atoms with Crippen LogP contribution >= 0.6 is 23.2 Å². The van der Waals surface area contributed by atoms with Crippen molar-refractivity contribution in [2.75, 3.05) is 22.7 Å². The second-order valence-corrected chi connectivity index (χ2v) is 11.8. The summed E-state index contributed by atoms with van der Waals surface area (Å²) in [6.45, 7) is 0. The molecule has 2 aliphatic carbocycles. The van der Waals surface area contributed by atoms with Crippen molar-refractivity contribution in [1.82, 2.24) is 14.5 Å². The highest BCUT2D eigenvalue weighted by molar-refractivity contribution is 7.89. The van der Waals surface area contributed by atoms with Crippen LogP contribution in [0.2, 0.25) is 5.02 Å². The number of carbonyl (C=O) groups excluding carboxylic acids is 1. The zero-order valence-corrected chi connectivity index (χ0v) is 21.1. The van der Waals surface area contributed by atoms with Crippen molar-refractivity contribution in [3.05, 3.63) is 40.3 Å². The zero-order valence-electron chi connectivity index (χ0n) is 18.7. The first-order valence-corrected chi connectivity index (χ1v) is 13.8. The highest BCUT2D eigenvalue weighted by Gasteiger charge is 2.45. The molecule has 2 atom stereocenters. The number of nitrogen functional groups attached to an aromatic ring is 1. The van der Waals surface area contributed by atoms with Crippen molar-refractivity contribution in [2.24, 2.45) is 18.9 Å². The monoisotopic (exact) mass is 531 g/mol. The summed E-state index contributed by atoms with van der Waals surface area (Å²) in [5, 5.41) is 7.19. The predicted octanol–water partition coefficient (Wildman–Crippen LogP) is 3.87. The number of amides is 1. The minimum absolute atomic E-state index is 0.0376. The third kappa shape index (κ3) is 5.35. The minimum Gasteiger partial charge on any atom is -0.383 e. The van der Waals surface area contributed by atoms with Crippen LogP contribution in [0, 0.1) is 17.7 Å². The van der Waals surface area contributed by atoms with Gasteiger partial charge in [0.15, 0.2) is 0 Å². The van der Waals surface area contributed by atoms with E-state index in [1.807, 2.05) is 0 Å². The molecule has 2 aliphatic rings. The molecule has 0 spiro atoms.